The molecule has 2 aliphatic rings. The Labute approximate surface area is 168 Å². The number of amides is 4. The fourth-order valence-corrected chi connectivity index (χ4v) is 4.14. The van der Waals surface area contributed by atoms with Crippen LogP contribution in [0.1, 0.15) is 32.1 Å². The van der Waals surface area contributed by atoms with Crippen LogP contribution < -0.4 is 16.3 Å². The minimum atomic E-state index is -0.920. The predicted octanol–water partition coefficient (Wildman–Crippen LogP) is 1.44. The number of nitrogens with zero attached hydrogens (tertiary/aromatic N) is 3. The van der Waals surface area contributed by atoms with Crippen LogP contribution in [0.25, 0.3) is 10.9 Å². The number of hydrazine groups is 1. The molecule has 4 rings (SSSR count). The third-order valence-corrected chi connectivity index (χ3v) is 5.70. The van der Waals surface area contributed by atoms with Crippen molar-refractivity contribution in [3.05, 3.63) is 39.4 Å². The zero-order valence-corrected chi connectivity index (χ0v) is 16.5. The van der Waals surface area contributed by atoms with Gasteiger partial charge in [-0.2, -0.15) is 5.01 Å². The van der Waals surface area contributed by atoms with Crippen molar-refractivity contribution in [2.75, 3.05) is 0 Å². The standard InChI is InChI=1S/C18H18BrN5O4/c19-11-4-5-13-12(8-11)15(26)23(10-20-13)9-14(25)22-24-16(27)18(21-17(24)28)6-2-1-3-7-18/h4-5,8,10H,1-3,6-7,9H2,(H,21,28)(H,22,25). The number of hydrogen-bond acceptors (Lipinski definition) is 5. The molecule has 1 aliphatic carbocycles. The molecule has 1 aliphatic heterocycles. The van der Waals surface area contributed by atoms with Crippen LogP contribution in [0.15, 0.2) is 33.8 Å². The Morgan fingerprint density at radius 1 is 1.21 bits per heavy atom. The maximum Gasteiger partial charge on any atom is 0.344 e. The molecule has 0 atom stereocenters. The summed E-state index contributed by atoms with van der Waals surface area (Å²) < 4.78 is 1.86. The van der Waals surface area contributed by atoms with Gasteiger partial charge in [0.05, 0.1) is 17.2 Å². The van der Waals surface area contributed by atoms with Gasteiger partial charge in [0.1, 0.15) is 12.1 Å². The lowest BCUT2D eigenvalue weighted by molar-refractivity contribution is -0.140. The predicted molar refractivity (Wildman–Crippen MR) is 103 cm³/mol. The number of aromatic nitrogens is 2. The summed E-state index contributed by atoms with van der Waals surface area (Å²) in [4.78, 5) is 54.1. The van der Waals surface area contributed by atoms with Crippen molar-refractivity contribution in [1.82, 2.24) is 25.3 Å². The summed E-state index contributed by atoms with van der Waals surface area (Å²) >= 11 is 3.30. The maximum atomic E-state index is 12.7. The summed E-state index contributed by atoms with van der Waals surface area (Å²) in [7, 11) is 0. The first-order valence-corrected chi connectivity index (χ1v) is 9.80. The number of benzene rings is 1. The van der Waals surface area contributed by atoms with Crippen molar-refractivity contribution < 1.29 is 14.4 Å². The fraction of sp³-hybridized carbons (Fsp3) is 0.389. The van der Waals surface area contributed by atoms with E-state index in [-0.39, 0.29) is 12.1 Å². The van der Waals surface area contributed by atoms with Crippen molar-refractivity contribution in [3.63, 3.8) is 0 Å². The van der Waals surface area contributed by atoms with Gasteiger partial charge < -0.3 is 5.32 Å². The molecule has 146 valence electrons. The van der Waals surface area contributed by atoms with Crippen LogP contribution in [0.2, 0.25) is 0 Å². The second kappa shape index (κ2) is 7.01. The summed E-state index contributed by atoms with van der Waals surface area (Å²) in [5, 5.41) is 3.80. The summed E-state index contributed by atoms with van der Waals surface area (Å²) in [5.41, 5.74) is 1.53. The summed E-state index contributed by atoms with van der Waals surface area (Å²) in [6.07, 6.45) is 5.11. The Balaban J connectivity index is 1.51. The molecular formula is C18H18BrN5O4. The van der Waals surface area contributed by atoms with Crippen LogP contribution >= 0.6 is 15.9 Å². The first-order valence-electron chi connectivity index (χ1n) is 9.00. The third-order valence-electron chi connectivity index (χ3n) is 5.21. The molecule has 2 heterocycles. The summed E-state index contributed by atoms with van der Waals surface area (Å²) in [5.74, 6) is -1.10. The molecule has 0 unspecified atom stereocenters. The van der Waals surface area contributed by atoms with Gasteiger partial charge in [0.25, 0.3) is 17.4 Å². The van der Waals surface area contributed by atoms with Gasteiger partial charge in [-0.1, -0.05) is 35.2 Å². The molecule has 0 radical (unpaired) electrons. The number of carbonyl (C=O) groups excluding carboxylic acids is 3. The monoisotopic (exact) mass is 447 g/mol. The molecular weight excluding hydrogens is 430 g/mol. The fourth-order valence-electron chi connectivity index (χ4n) is 3.77. The molecule has 2 aromatic rings. The van der Waals surface area contributed by atoms with Crippen LogP contribution in [0, 0.1) is 0 Å². The molecule has 10 heteroatoms. The number of urea groups is 1. The normalized spacial score (nSPS) is 18.5. The van der Waals surface area contributed by atoms with Crippen molar-refractivity contribution >= 4 is 44.7 Å². The first kappa shape index (κ1) is 18.6. The van der Waals surface area contributed by atoms with E-state index in [9.17, 15) is 19.2 Å². The number of fused-ring (bicyclic) bond motifs is 1. The molecule has 1 aromatic heterocycles. The van der Waals surface area contributed by atoms with Crippen molar-refractivity contribution in [3.8, 4) is 0 Å². The summed E-state index contributed by atoms with van der Waals surface area (Å²) in [6.45, 7) is -0.363. The first-order chi connectivity index (χ1) is 13.4. The van der Waals surface area contributed by atoms with E-state index in [4.69, 9.17) is 0 Å². The molecule has 1 saturated heterocycles. The molecule has 2 fully saturated rings. The Hall–Kier alpha value is -2.75. The van der Waals surface area contributed by atoms with E-state index >= 15 is 0 Å². The second-order valence-electron chi connectivity index (χ2n) is 7.09. The molecule has 1 saturated carbocycles. The van der Waals surface area contributed by atoms with E-state index in [0.29, 0.717) is 23.7 Å². The minimum Gasteiger partial charge on any atom is -0.322 e. The average molecular weight is 448 g/mol. The van der Waals surface area contributed by atoms with Crippen LogP contribution in [0.3, 0.4) is 0 Å². The zero-order chi connectivity index (χ0) is 19.9. The number of carbonyl (C=O) groups is 3. The largest absolute Gasteiger partial charge is 0.344 e. The van der Waals surface area contributed by atoms with Crippen molar-refractivity contribution in [2.45, 2.75) is 44.2 Å². The van der Waals surface area contributed by atoms with Gasteiger partial charge in [0, 0.05) is 4.47 Å². The molecule has 1 aromatic carbocycles. The average Bonchev–Trinajstić information content (AvgIpc) is 2.89. The maximum absolute atomic E-state index is 12.7. The van der Waals surface area contributed by atoms with E-state index < -0.39 is 23.4 Å². The second-order valence-corrected chi connectivity index (χ2v) is 8.00. The van der Waals surface area contributed by atoms with E-state index in [1.54, 1.807) is 18.2 Å². The van der Waals surface area contributed by atoms with Crippen LogP contribution in [-0.2, 0) is 16.1 Å². The molecule has 2 N–H and O–H groups in total. The van der Waals surface area contributed by atoms with Crippen molar-refractivity contribution in [1.29, 1.82) is 0 Å². The van der Waals surface area contributed by atoms with E-state index in [0.717, 1.165) is 33.3 Å². The van der Waals surface area contributed by atoms with Gasteiger partial charge in [0.15, 0.2) is 0 Å². The lowest BCUT2D eigenvalue weighted by atomic mass is 9.82. The number of nitrogens with one attached hydrogen (secondary N) is 2. The number of imide groups is 1. The van der Waals surface area contributed by atoms with Crippen LogP contribution in [0.4, 0.5) is 4.79 Å². The highest BCUT2D eigenvalue weighted by atomic mass is 79.9. The molecule has 0 bridgehead atoms. The molecule has 28 heavy (non-hydrogen) atoms. The smallest absolute Gasteiger partial charge is 0.322 e. The Kier molecular flexibility index (Phi) is 4.66. The summed E-state index contributed by atoms with van der Waals surface area (Å²) in [6, 6.07) is 4.45. The lowest BCUT2D eigenvalue weighted by Crippen LogP contribution is -2.51. The quantitative estimate of drug-likeness (QED) is 0.691. The zero-order valence-electron chi connectivity index (χ0n) is 14.9. The topological polar surface area (TPSA) is 113 Å². The number of rotatable bonds is 3. The van der Waals surface area contributed by atoms with E-state index in [2.05, 4.69) is 31.7 Å². The SMILES string of the molecule is O=C(Cn1cnc2ccc(Br)cc2c1=O)NN1C(=O)NC2(CCCCC2)C1=O. The van der Waals surface area contributed by atoms with Crippen LogP contribution in [0.5, 0.6) is 0 Å². The highest BCUT2D eigenvalue weighted by Gasteiger charge is 2.52. The minimum absolute atomic E-state index is 0.362. The highest BCUT2D eigenvalue weighted by molar-refractivity contribution is 9.10. The van der Waals surface area contributed by atoms with E-state index in [1.165, 1.54) is 6.33 Å². The number of halogens is 1. The van der Waals surface area contributed by atoms with Gasteiger partial charge in [-0.25, -0.2) is 9.78 Å². The molecule has 4 amide bonds. The number of hydrogen-bond donors (Lipinski definition) is 2. The lowest BCUT2D eigenvalue weighted by Gasteiger charge is -2.30. The Morgan fingerprint density at radius 3 is 2.71 bits per heavy atom. The molecule has 1 spiro atoms. The Morgan fingerprint density at radius 2 is 1.96 bits per heavy atom. The van der Waals surface area contributed by atoms with Crippen molar-refractivity contribution in [2.24, 2.45) is 0 Å². The van der Waals surface area contributed by atoms with Gasteiger partial charge in [-0.3, -0.25) is 24.4 Å². The van der Waals surface area contributed by atoms with Gasteiger partial charge in [-0.15, -0.1) is 0 Å². The van der Waals surface area contributed by atoms with Gasteiger partial charge in [0.2, 0.25) is 0 Å². The third kappa shape index (κ3) is 3.17. The Bertz CT molecular complexity index is 1040. The van der Waals surface area contributed by atoms with Gasteiger partial charge >= 0.3 is 6.03 Å². The van der Waals surface area contributed by atoms with Gasteiger partial charge in [-0.05, 0) is 31.0 Å². The van der Waals surface area contributed by atoms with Crippen LogP contribution in [-0.4, -0.2) is 37.9 Å². The highest BCUT2D eigenvalue weighted by Crippen LogP contribution is 2.32. The molecule has 9 nitrogen and oxygen atoms in total. The van der Waals surface area contributed by atoms with E-state index in [1.807, 2.05) is 0 Å².